The van der Waals surface area contributed by atoms with Gasteiger partial charge in [0.05, 0.1) is 0 Å². The summed E-state index contributed by atoms with van der Waals surface area (Å²) < 4.78 is 4.13. The fourth-order valence-electron chi connectivity index (χ4n) is 1.58. The summed E-state index contributed by atoms with van der Waals surface area (Å²) in [5, 5.41) is 4.17. The lowest BCUT2D eigenvalue weighted by atomic mass is 10.1. The summed E-state index contributed by atoms with van der Waals surface area (Å²) in [5.41, 5.74) is 3.92. The first kappa shape index (κ1) is 11.1. The third-order valence-electron chi connectivity index (χ3n) is 2.46. The van der Waals surface area contributed by atoms with E-state index < -0.39 is 0 Å². The van der Waals surface area contributed by atoms with Crippen LogP contribution in [0.4, 0.5) is 5.13 Å². The van der Waals surface area contributed by atoms with Crippen LogP contribution in [-0.4, -0.2) is 9.36 Å². The maximum atomic E-state index is 4.27. The van der Waals surface area contributed by atoms with Crippen LogP contribution in [-0.2, 0) is 6.54 Å². The molecule has 0 fully saturated rings. The molecule has 0 spiro atoms. The molecule has 84 valence electrons. The Kier molecular flexibility index (Phi) is 3.19. The molecule has 2 aromatic rings. The van der Waals surface area contributed by atoms with Crippen molar-refractivity contribution < 1.29 is 0 Å². The lowest BCUT2D eigenvalue weighted by Crippen LogP contribution is -2.01. The predicted octanol–water partition coefficient (Wildman–Crippen LogP) is 3.08. The van der Waals surface area contributed by atoms with Gasteiger partial charge in [-0.2, -0.15) is 4.37 Å². The van der Waals surface area contributed by atoms with Crippen molar-refractivity contribution in [3.8, 4) is 0 Å². The normalized spacial score (nSPS) is 10.4. The van der Waals surface area contributed by atoms with Crippen LogP contribution < -0.4 is 5.32 Å². The Bertz CT molecular complexity index is 491. The standard InChI is InChI=1S/C12H15N3S/c1-8-4-5-11(9(2)6-8)7-13-12-14-10(3)15-16-12/h4-6H,7H2,1-3H3,(H,13,14,15). The topological polar surface area (TPSA) is 37.8 Å². The fraction of sp³-hybridized carbons (Fsp3) is 0.333. The number of anilines is 1. The molecule has 0 atom stereocenters. The maximum absolute atomic E-state index is 4.27. The van der Waals surface area contributed by atoms with Crippen molar-refractivity contribution in [2.24, 2.45) is 0 Å². The zero-order valence-corrected chi connectivity index (χ0v) is 10.6. The summed E-state index contributed by atoms with van der Waals surface area (Å²) >= 11 is 1.41. The molecule has 0 unspecified atom stereocenters. The largest absolute Gasteiger partial charge is 0.356 e. The van der Waals surface area contributed by atoms with Gasteiger partial charge < -0.3 is 5.32 Å². The lowest BCUT2D eigenvalue weighted by Gasteiger charge is -2.07. The Hall–Kier alpha value is -1.42. The summed E-state index contributed by atoms with van der Waals surface area (Å²) in [4.78, 5) is 4.27. The smallest absolute Gasteiger partial charge is 0.202 e. The highest BCUT2D eigenvalue weighted by Crippen LogP contribution is 2.15. The van der Waals surface area contributed by atoms with E-state index in [-0.39, 0.29) is 0 Å². The van der Waals surface area contributed by atoms with Crippen LogP contribution >= 0.6 is 11.5 Å². The Balaban J connectivity index is 2.04. The van der Waals surface area contributed by atoms with E-state index in [9.17, 15) is 0 Å². The number of benzene rings is 1. The molecule has 0 saturated heterocycles. The molecule has 4 heteroatoms. The molecular weight excluding hydrogens is 218 g/mol. The van der Waals surface area contributed by atoms with Crippen molar-refractivity contribution in [1.82, 2.24) is 9.36 Å². The average Bonchev–Trinajstić information content (AvgIpc) is 2.63. The maximum Gasteiger partial charge on any atom is 0.202 e. The van der Waals surface area contributed by atoms with Crippen molar-refractivity contribution in [3.63, 3.8) is 0 Å². The molecule has 0 bridgehead atoms. The van der Waals surface area contributed by atoms with Crippen LogP contribution in [0, 0.1) is 20.8 Å². The first-order chi connectivity index (χ1) is 7.65. The van der Waals surface area contributed by atoms with Gasteiger partial charge in [-0.3, -0.25) is 0 Å². The van der Waals surface area contributed by atoms with Gasteiger partial charge in [0.25, 0.3) is 0 Å². The highest BCUT2D eigenvalue weighted by molar-refractivity contribution is 7.09. The molecule has 0 aliphatic carbocycles. The zero-order chi connectivity index (χ0) is 11.5. The number of hydrogen-bond donors (Lipinski definition) is 1. The highest BCUT2D eigenvalue weighted by atomic mass is 32.1. The molecule has 1 heterocycles. The van der Waals surface area contributed by atoms with Gasteiger partial charge in [-0.05, 0) is 31.9 Å². The van der Waals surface area contributed by atoms with E-state index in [1.807, 2.05) is 6.92 Å². The van der Waals surface area contributed by atoms with Gasteiger partial charge in [-0.15, -0.1) is 0 Å². The zero-order valence-electron chi connectivity index (χ0n) is 9.74. The number of aryl methyl sites for hydroxylation is 3. The molecule has 0 amide bonds. The van der Waals surface area contributed by atoms with Crippen LogP contribution in [0.3, 0.4) is 0 Å². The first-order valence-corrected chi connectivity index (χ1v) is 6.03. The van der Waals surface area contributed by atoms with E-state index in [1.165, 1.54) is 28.2 Å². The van der Waals surface area contributed by atoms with Crippen LogP contribution in [0.2, 0.25) is 0 Å². The number of nitrogens with one attached hydrogen (secondary N) is 1. The van der Waals surface area contributed by atoms with Gasteiger partial charge >= 0.3 is 0 Å². The Morgan fingerprint density at radius 2 is 2.06 bits per heavy atom. The minimum atomic E-state index is 0.806. The van der Waals surface area contributed by atoms with E-state index >= 15 is 0 Å². The van der Waals surface area contributed by atoms with E-state index in [0.29, 0.717) is 0 Å². The van der Waals surface area contributed by atoms with Gasteiger partial charge in [0, 0.05) is 18.1 Å². The summed E-state index contributed by atoms with van der Waals surface area (Å²) in [6.45, 7) is 6.95. The molecule has 16 heavy (non-hydrogen) atoms. The molecule has 0 radical (unpaired) electrons. The summed E-state index contributed by atoms with van der Waals surface area (Å²) in [6.07, 6.45) is 0. The third kappa shape index (κ3) is 2.58. The SMILES string of the molecule is Cc1ccc(CNc2nc(C)ns2)c(C)c1. The van der Waals surface area contributed by atoms with Crippen molar-refractivity contribution in [1.29, 1.82) is 0 Å². The average molecular weight is 233 g/mol. The van der Waals surface area contributed by atoms with E-state index in [1.54, 1.807) is 0 Å². The van der Waals surface area contributed by atoms with Gasteiger partial charge in [0.2, 0.25) is 5.13 Å². The Morgan fingerprint density at radius 1 is 1.25 bits per heavy atom. The molecule has 2 rings (SSSR count). The van der Waals surface area contributed by atoms with Gasteiger partial charge in [-0.1, -0.05) is 23.8 Å². The second kappa shape index (κ2) is 4.61. The van der Waals surface area contributed by atoms with Gasteiger partial charge in [0.15, 0.2) is 0 Å². The molecule has 1 aromatic carbocycles. The molecule has 1 aromatic heterocycles. The summed E-state index contributed by atoms with van der Waals surface area (Å²) in [6, 6.07) is 6.49. The molecule has 0 aliphatic heterocycles. The number of hydrogen-bond acceptors (Lipinski definition) is 4. The fourth-order valence-corrected chi connectivity index (χ4v) is 2.15. The Labute approximate surface area is 99.7 Å². The van der Waals surface area contributed by atoms with Gasteiger partial charge in [0.1, 0.15) is 5.82 Å². The van der Waals surface area contributed by atoms with Crippen molar-refractivity contribution in [3.05, 3.63) is 40.7 Å². The molecular formula is C12H15N3S. The number of rotatable bonds is 3. The van der Waals surface area contributed by atoms with Crippen LogP contribution in [0.5, 0.6) is 0 Å². The molecule has 1 N–H and O–H groups in total. The second-order valence-electron chi connectivity index (χ2n) is 3.93. The monoisotopic (exact) mass is 233 g/mol. The quantitative estimate of drug-likeness (QED) is 0.885. The summed E-state index contributed by atoms with van der Waals surface area (Å²) in [5.74, 6) is 0.827. The minimum absolute atomic E-state index is 0.806. The molecule has 3 nitrogen and oxygen atoms in total. The van der Waals surface area contributed by atoms with Crippen LogP contribution in [0.15, 0.2) is 18.2 Å². The molecule has 0 saturated carbocycles. The van der Waals surface area contributed by atoms with E-state index in [4.69, 9.17) is 0 Å². The minimum Gasteiger partial charge on any atom is -0.356 e. The molecule has 0 aliphatic rings. The lowest BCUT2D eigenvalue weighted by molar-refractivity contribution is 1.08. The van der Waals surface area contributed by atoms with Gasteiger partial charge in [-0.25, -0.2) is 4.98 Å². The summed E-state index contributed by atoms with van der Waals surface area (Å²) in [7, 11) is 0. The van der Waals surface area contributed by atoms with Crippen LogP contribution in [0.25, 0.3) is 0 Å². The van der Waals surface area contributed by atoms with E-state index in [2.05, 4.69) is 46.7 Å². The third-order valence-corrected chi connectivity index (χ3v) is 3.22. The highest BCUT2D eigenvalue weighted by Gasteiger charge is 2.01. The number of aromatic nitrogens is 2. The van der Waals surface area contributed by atoms with Crippen LogP contribution in [0.1, 0.15) is 22.5 Å². The number of nitrogens with zero attached hydrogens (tertiary/aromatic N) is 2. The first-order valence-electron chi connectivity index (χ1n) is 5.25. The second-order valence-corrected chi connectivity index (χ2v) is 4.68. The van der Waals surface area contributed by atoms with Crippen molar-refractivity contribution >= 4 is 16.7 Å². The van der Waals surface area contributed by atoms with Crippen molar-refractivity contribution in [2.45, 2.75) is 27.3 Å². The van der Waals surface area contributed by atoms with Crippen molar-refractivity contribution in [2.75, 3.05) is 5.32 Å². The predicted molar refractivity (Wildman–Crippen MR) is 67.9 cm³/mol. The van der Waals surface area contributed by atoms with E-state index in [0.717, 1.165) is 17.5 Å². The Morgan fingerprint density at radius 3 is 2.69 bits per heavy atom.